The van der Waals surface area contributed by atoms with E-state index in [-0.39, 0.29) is 11.4 Å². The van der Waals surface area contributed by atoms with Crippen LogP contribution in [0.25, 0.3) is 0 Å². The highest BCUT2D eigenvalue weighted by Gasteiger charge is 2.38. The van der Waals surface area contributed by atoms with E-state index in [0.717, 1.165) is 6.42 Å². The summed E-state index contributed by atoms with van der Waals surface area (Å²) in [6, 6.07) is 0. The van der Waals surface area contributed by atoms with Gasteiger partial charge < -0.3 is 14.2 Å². The van der Waals surface area contributed by atoms with E-state index in [0.29, 0.717) is 19.3 Å². The summed E-state index contributed by atoms with van der Waals surface area (Å²) in [7, 11) is 2.53. The highest BCUT2D eigenvalue weighted by molar-refractivity contribution is 5.94. The molecular weight excluding hydrogens is 372 g/mol. The molecule has 6 nitrogen and oxygen atoms in total. The Kier molecular flexibility index (Phi) is 8.86. The summed E-state index contributed by atoms with van der Waals surface area (Å²) in [5.74, 6) is -2.48. The molecule has 0 fully saturated rings. The van der Waals surface area contributed by atoms with Gasteiger partial charge in [0.1, 0.15) is 5.60 Å². The van der Waals surface area contributed by atoms with Crippen molar-refractivity contribution < 1.29 is 28.6 Å². The molecule has 1 aliphatic rings. The van der Waals surface area contributed by atoms with Crippen molar-refractivity contribution >= 4 is 17.9 Å². The van der Waals surface area contributed by atoms with Crippen LogP contribution in [0.2, 0.25) is 0 Å². The van der Waals surface area contributed by atoms with Crippen LogP contribution in [0.1, 0.15) is 60.3 Å². The lowest BCUT2D eigenvalue weighted by molar-refractivity contribution is -0.159. The second-order valence-corrected chi connectivity index (χ2v) is 8.39. The van der Waals surface area contributed by atoms with Gasteiger partial charge in [-0.3, -0.25) is 9.59 Å². The second kappa shape index (κ2) is 10.4. The van der Waals surface area contributed by atoms with Gasteiger partial charge in [-0.1, -0.05) is 29.4 Å². The lowest BCUT2D eigenvalue weighted by Crippen LogP contribution is -2.30. The first-order valence-corrected chi connectivity index (χ1v) is 9.88. The second-order valence-electron chi connectivity index (χ2n) is 8.39. The molecule has 0 spiro atoms. The lowest BCUT2D eigenvalue weighted by atomic mass is 9.70. The molecule has 29 heavy (non-hydrogen) atoms. The Balaban J connectivity index is 2.87. The van der Waals surface area contributed by atoms with E-state index in [1.54, 1.807) is 0 Å². The van der Waals surface area contributed by atoms with Crippen molar-refractivity contribution in [2.45, 2.75) is 65.9 Å². The molecule has 0 aromatic heterocycles. The van der Waals surface area contributed by atoms with Crippen molar-refractivity contribution in [3.05, 3.63) is 35.5 Å². The maximum Gasteiger partial charge on any atom is 0.330 e. The van der Waals surface area contributed by atoms with E-state index in [1.807, 2.05) is 26.8 Å². The molecule has 0 saturated carbocycles. The standard InChI is InChI=1S/C23H34O6/c1-16-11-12-17(2)23(16,14-9-8-10-19(24)29-22(3,4)5)15-13-18(20(25)27-6)21(26)28-7/h8,10-12,18H,9,13-15H2,1-7H3/b10-8+. The van der Waals surface area contributed by atoms with E-state index in [4.69, 9.17) is 14.2 Å². The monoisotopic (exact) mass is 406 g/mol. The number of carbonyl (C=O) groups is 3. The average Bonchev–Trinajstić information content (AvgIpc) is 2.91. The first-order chi connectivity index (χ1) is 13.5. The lowest BCUT2D eigenvalue weighted by Gasteiger charge is -2.34. The van der Waals surface area contributed by atoms with Crippen LogP contribution in [-0.2, 0) is 28.6 Å². The molecule has 0 atom stereocenters. The van der Waals surface area contributed by atoms with Crippen molar-refractivity contribution in [1.82, 2.24) is 0 Å². The Hall–Kier alpha value is -2.37. The van der Waals surface area contributed by atoms with Crippen molar-refractivity contribution in [1.29, 1.82) is 0 Å². The molecule has 0 amide bonds. The minimum absolute atomic E-state index is 0.265. The molecule has 0 aromatic rings. The molecule has 6 heteroatoms. The first kappa shape index (κ1) is 24.7. The molecule has 0 radical (unpaired) electrons. The minimum atomic E-state index is -0.944. The summed E-state index contributed by atoms with van der Waals surface area (Å²) < 4.78 is 14.8. The number of allylic oxidation sites excluding steroid dienone is 5. The Labute approximate surface area is 174 Å². The first-order valence-electron chi connectivity index (χ1n) is 9.88. The molecule has 0 unspecified atom stereocenters. The third-order valence-electron chi connectivity index (χ3n) is 5.32. The van der Waals surface area contributed by atoms with Crippen LogP contribution in [-0.4, -0.2) is 37.7 Å². The molecule has 0 aliphatic heterocycles. The molecule has 0 heterocycles. The van der Waals surface area contributed by atoms with Gasteiger partial charge in [-0.15, -0.1) is 0 Å². The minimum Gasteiger partial charge on any atom is -0.468 e. The fourth-order valence-corrected chi connectivity index (χ4v) is 3.65. The third kappa shape index (κ3) is 6.87. The largest absolute Gasteiger partial charge is 0.468 e. The SMILES string of the molecule is COC(=O)C(CCC1(CC/C=C/C(=O)OC(C)(C)C)C(C)=CC=C1C)C(=O)OC. The predicted molar refractivity (Wildman–Crippen MR) is 111 cm³/mol. The van der Waals surface area contributed by atoms with Crippen molar-refractivity contribution in [2.75, 3.05) is 14.2 Å². The fourth-order valence-electron chi connectivity index (χ4n) is 3.65. The van der Waals surface area contributed by atoms with Gasteiger partial charge >= 0.3 is 17.9 Å². The van der Waals surface area contributed by atoms with Crippen molar-refractivity contribution in [3.8, 4) is 0 Å². The summed E-state index contributed by atoms with van der Waals surface area (Å²) in [5.41, 5.74) is 1.56. The van der Waals surface area contributed by atoms with E-state index in [9.17, 15) is 14.4 Å². The zero-order valence-electron chi connectivity index (χ0n) is 18.7. The zero-order valence-corrected chi connectivity index (χ0v) is 18.7. The van der Waals surface area contributed by atoms with Gasteiger partial charge in [0, 0.05) is 11.5 Å². The normalized spacial score (nSPS) is 15.9. The summed E-state index contributed by atoms with van der Waals surface area (Å²) >= 11 is 0. The molecule has 162 valence electrons. The Morgan fingerprint density at radius 3 is 1.97 bits per heavy atom. The Bertz CT molecular complexity index is 671. The maximum atomic E-state index is 12.0. The topological polar surface area (TPSA) is 78.9 Å². The van der Waals surface area contributed by atoms with E-state index in [2.05, 4.69) is 26.0 Å². The van der Waals surface area contributed by atoms with Crippen LogP contribution in [0.5, 0.6) is 0 Å². The molecule has 0 N–H and O–H groups in total. The summed E-state index contributed by atoms with van der Waals surface area (Å²) in [6.45, 7) is 9.58. The van der Waals surface area contributed by atoms with Gasteiger partial charge in [0.05, 0.1) is 14.2 Å². The van der Waals surface area contributed by atoms with E-state index < -0.39 is 23.5 Å². The highest BCUT2D eigenvalue weighted by atomic mass is 16.6. The molecular formula is C23H34O6. The number of hydrogen-bond acceptors (Lipinski definition) is 6. The number of rotatable bonds is 9. The smallest absolute Gasteiger partial charge is 0.330 e. The Morgan fingerprint density at radius 1 is 1.00 bits per heavy atom. The van der Waals surface area contributed by atoms with Gasteiger partial charge in [0.15, 0.2) is 5.92 Å². The van der Waals surface area contributed by atoms with Gasteiger partial charge in [-0.25, -0.2) is 4.79 Å². The van der Waals surface area contributed by atoms with Crippen LogP contribution in [0, 0.1) is 11.3 Å². The third-order valence-corrected chi connectivity index (χ3v) is 5.32. The van der Waals surface area contributed by atoms with Crippen LogP contribution in [0.4, 0.5) is 0 Å². The number of carbonyl (C=O) groups excluding carboxylic acids is 3. The molecule has 0 aromatic carbocycles. The predicted octanol–water partition coefficient (Wildman–Crippen LogP) is 4.30. The molecule has 1 aliphatic carbocycles. The van der Waals surface area contributed by atoms with E-state index >= 15 is 0 Å². The fraction of sp³-hybridized carbons (Fsp3) is 0.609. The van der Waals surface area contributed by atoms with Crippen molar-refractivity contribution in [2.24, 2.45) is 11.3 Å². The van der Waals surface area contributed by atoms with Gasteiger partial charge in [0.25, 0.3) is 0 Å². The quantitative estimate of drug-likeness (QED) is 0.246. The van der Waals surface area contributed by atoms with Crippen LogP contribution < -0.4 is 0 Å². The molecule has 1 rings (SSSR count). The van der Waals surface area contributed by atoms with Gasteiger partial charge in [-0.2, -0.15) is 0 Å². The van der Waals surface area contributed by atoms with Crippen LogP contribution in [0.3, 0.4) is 0 Å². The number of hydrogen-bond donors (Lipinski definition) is 0. The van der Waals surface area contributed by atoms with Gasteiger partial charge in [0.2, 0.25) is 0 Å². The average molecular weight is 407 g/mol. The summed E-state index contributed by atoms with van der Waals surface area (Å²) in [4.78, 5) is 35.9. The Morgan fingerprint density at radius 2 is 1.52 bits per heavy atom. The van der Waals surface area contributed by atoms with Crippen LogP contribution in [0.15, 0.2) is 35.5 Å². The van der Waals surface area contributed by atoms with Gasteiger partial charge in [-0.05, 0) is 60.3 Å². The molecule has 0 bridgehead atoms. The molecule has 0 saturated heterocycles. The number of ether oxygens (including phenoxy) is 3. The maximum absolute atomic E-state index is 12.0. The van der Waals surface area contributed by atoms with E-state index in [1.165, 1.54) is 31.4 Å². The number of methoxy groups -OCH3 is 2. The highest BCUT2D eigenvalue weighted by Crippen LogP contribution is 2.48. The van der Waals surface area contributed by atoms with Crippen LogP contribution >= 0.6 is 0 Å². The zero-order chi connectivity index (χ0) is 22.2. The van der Waals surface area contributed by atoms with Crippen molar-refractivity contribution in [3.63, 3.8) is 0 Å². The summed E-state index contributed by atoms with van der Waals surface area (Å²) in [5, 5.41) is 0. The summed E-state index contributed by atoms with van der Waals surface area (Å²) in [6.07, 6.45) is 9.75. The number of esters is 3.